The summed E-state index contributed by atoms with van der Waals surface area (Å²) in [6.45, 7) is 1.39. The largest absolute Gasteiger partial charge is 0.465 e. The first kappa shape index (κ1) is 18.4. The zero-order valence-corrected chi connectivity index (χ0v) is 13.3. The topological polar surface area (TPSA) is 90.7 Å². The Kier molecular flexibility index (Phi) is 6.80. The van der Waals surface area contributed by atoms with Crippen LogP contribution in [0.3, 0.4) is 0 Å². The Morgan fingerprint density at radius 2 is 1.86 bits per heavy atom. The maximum absolute atomic E-state index is 12.5. The van der Waals surface area contributed by atoms with Crippen molar-refractivity contribution in [3.8, 4) is 0 Å². The standard InChI is InChI=1S/C15H20N2O4.ClH/c1-20-13(18)11-2-4-12(5-3-11)17-14(19)15(10-16)6-8-21-9-7-15;/h2-5H,6-10,16H2,1H3,(H,17,19);1H. The molecule has 0 unspecified atom stereocenters. The lowest BCUT2D eigenvalue weighted by atomic mass is 9.79. The van der Waals surface area contributed by atoms with Crippen molar-refractivity contribution in [2.45, 2.75) is 12.8 Å². The molecule has 0 atom stereocenters. The normalized spacial score (nSPS) is 16.3. The van der Waals surface area contributed by atoms with E-state index < -0.39 is 11.4 Å². The molecule has 22 heavy (non-hydrogen) atoms. The Labute approximate surface area is 135 Å². The van der Waals surface area contributed by atoms with Crippen molar-refractivity contribution in [3.63, 3.8) is 0 Å². The van der Waals surface area contributed by atoms with Gasteiger partial charge < -0.3 is 20.5 Å². The van der Waals surface area contributed by atoms with Crippen LogP contribution in [0.25, 0.3) is 0 Å². The molecule has 6 nitrogen and oxygen atoms in total. The number of nitrogens with two attached hydrogens (primary N) is 1. The van der Waals surface area contributed by atoms with Crippen molar-refractivity contribution in [1.29, 1.82) is 0 Å². The van der Waals surface area contributed by atoms with Gasteiger partial charge in [0, 0.05) is 25.4 Å². The van der Waals surface area contributed by atoms with Crippen molar-refractivity contribution in [2.24, 2.45) is 11.1 Å². The molecule has 1 aliphatic heterocycles. The average Bonchev–Trinajstić information content (AvgIpc) is 2.55. The zero-order chi connectivity index (χ0) is 15.3. The first-order valence-electron chi connectivity index (χ1n) is 6.89. The third-order valence-corrected chi connectivity index (χ3v) is 3.89. The second-order valence-corrected chi connectivity index (χ2v) is 5.12. The predicted molar refractivity (Wildman–Crippen MR) is 85.2 cm³/mol. The van der Waals surface area contributed by atoms with Crippen molar-refractivity contribution in [1.82, 2.24) is 0 Å². The molecule has 1 amide bonds. The number of nitrogens with one attached hydrogen (secondary N) is 1. The summed E-state index contributed by atoms with van der Waals surface area (Å²) >= 11 is 0. The van der Waals surface area contributed by atoms with E-state index in [0.29, 0.717) is 43.9 Å². The predicted octanol–water partition coefficient (Wildman–Crippen LogP) is 1.59. The highest BCUT2D eigenvalue weighted by atomic mass is 35.5. The summed E-state index contributed by atoms with van der Waals surface area (Å²) < 4.78 is 9.92. The summed E-state index contributed by atoms with van der Waals surface area (Å²) in [6, 6.07) is 6.57. The molecule has 1 saturated heterocycles. The van der Waals surface area contributed by atoms with Crippen LogP contribution in [0.15, 0.2) is 24.3 Å². The quantitative estimate of drug-likeness (QED) is 0.819. The molecule has 2 rings (SSSR count). The van der Waals surface area contributed by atoms with Gasteiger partial charge in [-0.2, -0.15) is 0 Å². The number of amides is 1. The fraction of sp³-hybridized carbons (Fsp3) is 0.467. The van der Waals surface area contributed by atoms with E-state index >= 15 is 0 Å². The molecule has 1 aromatic rings. The summed E-state index contributed by atoms with van der Waals surface area (Å²) in [5, 5.41) is 2.86. The van der Waals surface area contributed by atoms with Gasteiger partial charge in [-0.25, -0.2) is 4.79 Å². The molecule has 0 spiro atoms. The second kappa shape index (κ2) is 8.12. The first-order chi connectivity index (χ1) is 10.1. The van der Waals surface area contributed by atoms with Gasteiger partial charge in [0.05, 0.1) is 18.1 Å². The smallest absolute Gasteiger partial charge is 0.337 e. The minimum atomic E-state index is -0.570. The number of hydrogen-bond acceptors (Lipinski definition) is 5. The highest BCUT2D eigenvalue weighted by Crippen LogP contribution is 2.30. The Morgan fingerprint density at radius 1 is 1.27 bits per heavy atom. The van der Waals surface area contributed by atoms with Gasteiger partial charge in [0.25, 0.3) is 0 Å². The van der Waals surface area contributed by atoms with Gasteiger partial charge in [-0.3, -0.25) is 4.79 Å². The highest BCUT2D eigenvalue weighted by molar-refractivity contribution is 5.96. The van der Waals surface area contributed by atoms with Crippen LogP contribution in [-0.4, -0.2) is 38.7 Å². The number of benzene rings is 1. The minimum absolute atomic E-state index is 0. The van der Waals surface area contributed by atoms with Gasteiger partial charge in [0.2, 0.25) is 5.91 Å². The molecule has 0 radical (unpaired) electrons. The molecule has 0 aliphatic carbocycles. The third-order valence-electron chi connectivity index (χ3n) is 3.89. The molecule has 122 valence electrons. The molecular formula is C15H21ClN2O4. The second-order valence-electron chi connectivity index (χ2n) is 5.12. The molecule has 0 aromatic heterocycles. The van der Waals surface area contributed by atoms with Crippen LogP contribution >= 0.6 is 12.4 Å². The fourth-order valence-electron chi connectivity index (χ4n) is 2.36. The molecule has 0 bridgehead atoms. The van der Waals surface area contributed by atoms with Gasteiger partial charge in [-0.15, -0.1) is 12.4 Å². The number of carbonyl (C=O) groups is 2. The monoisotopic (exact) mass is 328 g/mol. The number of halogens is 1. The van der Waals surface area contributed by atoms with E-state index in [1.807, 2.05) is 0 Å². The number of anilines is 1. The number of esters is 1. The maximum atomic E-state index is 12.5. The lowest BCUT2D eigenvalue weighted by Crippen LogP contribution is -2.46. The minimum Gasteiger partial charge on any atom is -0.465 e. The van der Waals surface area contributed by atoms with E-state index in [4.69, 9.17) is 10.5 Å². The maximum Gasteiger partial charge on any atom is 0.337 e. The van der Waals surface area contributed by atoms with Crippen molar-refractivity contribution < 1.29 is 19.1 Å². The molecule has 1 aromatic carbocycles. The van der Waals surface area contributed by atoms with Crippen LogP contribution in [0.4, 0.5) is 5.69 Å². The molecule has 7 heteroatoms. The third kappa shape index (κ3) is 3.97. The molecule has 1 heterocycles. The Balaban J connectivity index is 0.00000242. The lowest BCUT2D eigenvalue weighted by molar-refractivity contribution is -0.130. The summed E-state index contributed by atoms with van der Waals surface area (Å²) in [5.74, 6) is -0.505. The molecule has 3 N–H and O–H groups in total. The van der Waals surface area contributed by atoms with E-state index in [1.54, 1.807) is 24.3 Å². The van der Waals surface area contributed by atoms with E-state index in [1.165, 1.54) is 7.11 Å². The Morgan fingerprint density at radius 3 is 2.36 bits per heavy atom. The van der Waals surface area contributed by atoms with Gasteiger partial charge in [0.1, 0.15) is 0 Å². The van der Waals surface area contributed by atoms with Crippen molar-refractivity contribution in [2.75, 3.05) is 32.2 Å². The molecule has 0 saturated carbocycles. The van der Waals surface area contributed by atoms with Crippen LogP contribution in [0, 0.1) is 5.41 Å². The number of methoxy groups -OCH3 is 1. The van der Waals surface area contributed by atoms with Crippen LogP contribution < -0.4 is 11.1 Å². The van der Waals surface area contributed by atoms with Crippen LogP contribution in [0.2, 0.25) is 0 Å². The van der Waals surface area contributed by atoms with E-state index in [9.17, 15) is 9.59 Å². The van der Waals surface area contributed by atoms with Crippen LogP contribution in [0.5, 0.6) is 0 Å². The van der Waals surface area contributed by atoms with E-state index in [0.717, 1.165) is 0 Å². The number of rotatable bonds is 4. The van der Waals surface area contributed by atoms with Gasteiger partial charge in [-0.1, -0.05) is 0 Å². The highest BCUT2D eigenvalue weighted by Gasteiger charge is 2.38. The Hall–Kier alpha value is -1.63. The summed E-state index contributed by atoms with van der Waals surface area (Å²) in [4.78, 5) is 23.8. The fourth-order valence-corrected chi connectivity index (χ4v) is 2.36. The summed E-state index contributed by atoms with van der Waals surface area (Å²) in [6.07, 6.45) is 1.24. The van der Waals surface area contributed by atoms with Crippen molar-refractivity contribution >= 4 is 30.0 Å². The lowest BCUT2D eigenvalue weighted by Gasteiger charge is -2.34. The first-order valence-corrected chi connectivity index (χ1v) is 6.89. The van der Waals surface area contributed by atoms with Crippen LogP contribution in [0.1, 0.15) is 23.2 Å². The Bertz CT molecular complexity index is 513. The zero-order valence-electron chi connectivity index (χ0n) is 12.5. The van der Waals surface area contributed by atoms with Gasteiger partial charge in [-0.05, 0) is 37.1 Å². The number of ether oxygens (including phenoxy) is 2. The van der Waals surface area contributed by atoms with E-state index in [2.05, 4.69) is 10.1 Å². The molecule has 1 aliphatic rings. The molecule has 1 fully saturated rings. The number of carbonyl (C=O) groups excluding carboxylic acids is 2. The average molecular weight is 329 g/mol. The molecular weight excluding hydrogens is 308 g/mol. The number of hydrogen-bond donors (Lipinski definition) is 2. The van der Waals surface area contributed by atoms with Gasteiger partial charge >= 0.3 is 5.97 Å². The van der Waals surface area contributed by atoms with Crippen LogP contribution in [-0.2, 0) is 14.3 Å². The summed E-state index contributed by atoms with van der Waals surface area (Å²) in [5.41, 5.74) is 6.30. The van der Waals surface area contributed by atoms with Crippen molar-refractivity contribution in [3.05, 3.63) is 29.8 Å². The van der Waals surface area contributed by atoms with E-state index in [-0.39, 0.29) is 18.3 Å². The SMILES string of the molecule is COC(=O)c1ccc(NC(=O)C2(CN)CCOCC2)cc1.Cl. The van der Waals surface area contributed by atoms with Gasteiger partial charge in [0.15, 0.2) is 0 Å². The summed E-state index contributed by atoms with van der Waals surface area (Å²) in [7, 11) is 1.33.